The van der Waals surface area contributed by atoms with Gasteiger partial charge in [-0.05, 0) is 68.7 Å². The Balaban J connectivity index is 1.78. The molecule has 4 nitrogen and oxygen atoms in total. The molecule has 2 aromatic carbocycles. The summed E-state index contributed by atoms with van der Waals surface area (Å²) in [6, 6.07) is 14.4. The number of aryl methyl sites for hydroxylation is 1. The highest BCUT2D eigenvalue weighted by molar-refractivity contribution is 7.98. The van der Waals surface area contributed by atoms with Crippen LogP contribution in [0.5, 0.6) is 0 Å². The van der Waals surface area contributed by atoms with Gasteiger partial charge in [-0.2, -0.15) is 5.10 Å². The van der Waals surface area contributed by atoms with Gasteiger partial charge in [-0.25, -0.2) is 4.68 Å². The van der Waals surface area contributed by atoms with Gasteiger partial charge in [0.25, 0.3) is 5.56 Å². The number of hydrogen-bond acceptors (Lipinski definition) is 4. The van der Waals surface area contributed by atoms with E-state index in [1.807, 2.05) is 32.3 Å². The molecule has 1 aromatic heterocycles. The molecule has 3 aromatic rings. The topological polar surface area (TPSA) is 38.1 Å². The first-order valence-corrected chi connectivity index (χ1v) is 10.3. The molecule has 140 valence electrons. The van der Waals surface area contributed by atoms with Gasteiger partial charge in [-0.15, -0.1) is 11.8 Å². The van der Waals surface area contributed by atoms with Gasteiger partial charge in [0.15, 0.2) is 0 Å². The molecular weight excluding hydrogens is 354 g/mol. The summed E-state index contributed by atoms with van der Waals surface area (Å²) in [5.74, 6) is 0. The minimum Gasteiger partial charge on any atom is -0.309 e. The fourth-order valence-corrected chi connectivity index (χ4v) is 3.32. The van der Waals surface area contributed by atoms with E-state index in [-0.39, 0.29) is 5.56 Å². The van der Waals surface area contributed by atoms with E-state index >= 15 is 0 Å². The number of benzene rings is 2. The van der Waals surface area contributed by atoms with Gasteiger partial charge in [0.1, 0.15) is 0 Å². The summed E-state index contributed by atoms with van der Waals surface area (Å²) in [6.45, 7) is 1.58. The average Bonchev–Trinajstić information content (AvgIpc) is 2.68. The molecule has 1 heterocycles. The van der Waals surface area contributed by atoms with E-state index in [1.54, 1.807) is 22.6 Å². The second kappa shape index (κ2) is 9.02. The second-order valence-electron chi connectivity index (χ2n) is 6.78. The zero-order valence-corrected chi connectivity index (χ0v) is 16.9. The highest BCUT2D eigenvalue weighted by Gasteiger charge is 2.05. The van der Waals surface area contributed by atoms with Crippen LogP contribution in [0.25, 0.3) is 22.9 Å². The third-order valence-corrected chi connectivity index (χ3v) is 5.18. The fraction of sp³-hybridized carbons (Fsp3) is 0.273. The summed E-state index contributed by atoms with van der Waals surface area (Å²) in [7, 11) is 4.06. The Labute approximate surface area is 164 Å². The van der Waals surface area contributed by atoms with E-state index in [0.29, 0.717) is 6.54 Å². The first-order chi connectivity index (χ1) is 13.1. The molecule has 0 N–H and O–H groups in total. The van der Waals surface area contributed by atoms with Crippen LogP contribution in [0.3, 0.4) is 0 Å². The van der Waals surface area contributed by atoms with Crippen LogP contribution in [0.2, 0.25) is 0 Å². The van der Waals surface area contributed by atoms with Gasteiger partial charge < -0.3 is 4.90 Å². The summed E-state index contributed by atoms with van der Waals surface area (Å²) in [4.78, 5) is 16.0. The summed E-state index contributed by atoms with van der Waals surface area (Å²) >= 11 is 1.74. The monoisotopic (exact) mass is 379 g/mol. The van der Waals surface area contributed by atoms with Crippen molar-refractivity contribution < 1.29 is 0 Å². The lowest BCUT2D eigenvalue weighted by Gasteiger charge is -2.10. The number of hydrogen-bond donors (Lipinski definition) is 0. The lowest BCUT2D eigenvalue weighted by Crippen LogP contribution is -2.25. The van der Waals surface area contributed by atoms with Crippen LogP contribution in [0.15, 0.2) is 58.4 Å². The molecular formula is C22H25N3OS. The molecule has 0 fully saturated rings. The lowest BCUT2D eigenvalue weighted by atomic mass is 10.1. The van der Waals surface area contributed by atoms with Crippen LogP contribution >= 0.6 is 11.8 Å². The Morgan fingerprint density at radius 2 is 1.78 bits per heavy atom. The normalized spacial score (nSPS) is 11.7. The SMILES string of the molecule is CSc1ccc(C=Cc2ccc3c(=O)n(CCCN(C)C)ncc3c2)cc1. The Morgan fingerprint density at radius 1 is 1.07 bits per heavy atom. The Morgan fingerprint density at radius 3 is 2.48 bits per heavy atom. The third-order valence-electron chi connectivity index (χ3n) is 4.44. The van der Waals surface area contributed by atoms with Gasteiger partial charge in [0.2, 0.25) is 0 Å². The van der Waals surface area contributed by atoms with Crippen molar-refractivity contribution in [2.24, 2.45) is 0 Å². The molecule has 0 saturated carbocycles. The number of nitrogens with zero attached hydrogens (tertiary/aromatic N) is 3. The molecule has 0 amide bonds. The predicted octanol–water partition coefficient (Wildman–Crippen LogP) is 4.24. The zero-order chi connectivity index (χ0) is 19.2. The molecule has 0 bridgehead atoms. The molecule has 0 aliphatic rings. The first-order valence-electron chi connectivity index (χ1n) is 9.03. The highest BCUT2D eigenvalue weighted by atomic mass is 32.2. The Kier molecular flexibility index (Phi) is 6.48. The number of rotatable bonds is 7. The maximum Gasteiger partial charge on any atom is 0.274 e. The van der Waals surface area contributed by atoms with Crippen molar-refractivity contribution in [3.63, 3.8) is 0 Å². The summed E-state index contributed by atoms with van der Waals surface area (Å²) in [5.41, 5.74) is 2.19. The van der Waals surface area contributed by atoms with Gasteiger partial charge in [-0.1, -0.05) is 30.4 Å². The van der Waals surface area contributed by atoms with E-state index in [4.69, 9.17) is 0 Å². The van der Waals surface area contributed by atoms with Gasteiger partial charge in [0.05, 0.1) is 11.6 Å². The number of fused-ring (bicyclic) bond motifs is 1. The Bertz CT molecular complexity index is 991. The van der Waals surface area contributed by atoms with Crippen LogP contribution in [0.4, 0.5) is 0 Å². The number of thioether (sulfide) groups is 1. The van der Waals surface area contributed by atoms with E-state index in [9.17, 15) is 4.79 Å². The summed E-state index contributed by atoms with van der Waals surface area (Å²) in [6.07, 6.45) is 8.92. The molecule has 0 radical (unpaired) electrons. The quantitative estimate of drug-likeness (QED) is 0.455. The molecule has 0 unspecified atom stereocenters. The molecule has 0 spiro atoms. The first kappa shape index (κ1) is 19.4. The van der Waals surface area contributed by atoms with Crippen molar-refractivity contribution >= 4 is 34.7 Å². The molecule has 0 aliphatic heterocycles. The van der Waals surface area contributed by atoms with Gasteiger partial charge >= 0.3 is 0 Å². The molecule has 0 saturated heterocycles. The van der Waals surface area contributed by atoms with E-state index in [1.165, 1.54) is 4.90 Å². The van der Waals surface area contributed by atoms with Crippen molar-refractivity contribution in [3.8, 4) is 0 Å². The lowest BCUT2D eigenvalue weighted by molar-refractivity contribution is 0.378. The summed E-state index contributed by atoms with van der Waals surface area (Å²) in [5, 5.41) is 5.94. The van der Waals surface area contributed by atoms with E-state index in [2.05, 4.69) is 52.7 Å². The second-order valence-corrected chi connectivity index (χ2v) is 7.66. The Hall–Kier alpha value is -2.37. The van der Waals surface area contributed by atoms with Gasteiger partial charge in [-0.3, -0.25) is 4.79 Å². The summed E-state index contributed by atoms with van der Waals surface area (Å²) < 4.78 is 1.56. The van der Waals surface area contributed by atoms with Crippen LogP contribution < -0.4 is 5.56 Å². The molecule has 3 rings (SSSR count). The maximum atomic E-state index is 12.6. The van der Waals surface area contributed by atoms with Crippen LogP contribution in [0, 0.1) is 0 Å². The standard InChI is InChI=1S/C22H25N3OS/c1-24(2)13-4-14-25-22(26)21-12-9-18(15-19(21)16-23-25)6-5-17-7-10-20(27-3)11-8-17/h5-12,15-16H,4,13-14H2,1-3H3. The molecule has 0 atom stereocenters. The van der Waals surface area contributed by atoms with Crippen LogP contribution in [-0.4, -0.2) is 41.6 Å². The zero-order valence-electron chi connectivity index (χ0n) is 16.1. The van der Waals surface area contributed by atoms with Gasteiger partial charge in [0, 0.05) is 16.8 Å². The van der Waals surface area contributed by atoms with Crippen LogP contribution in [-0.2, 0) is 6.54 Å². The minimum absolute atomic E-state index is 0.0190. The van der Waals surface area contributed by atoms with Crippen LogP contribution in [0.1, 0.15) is 17.5 Å². The van der Waals surface area contributed by atoms with E-state index in [0.717, 1.165) is 34.9 Å². The fourth-order valence-electron chi connectivity index (χ4n) is 2.91. The molecule has 5 heteroatoms. The highest BCUT2D eigenvalue weighted by Crippen LogP contribution is 2.17. The van der Waals surface area contributed by atoms with Crippen molar-refractivity contribution in [2.75, 3.05) is 26.9 Å². The number of aromatic nitrogens is 2. The smallest absolute Gasteiger partial charge is 0.274 e. The molecule has 27 heavy (non-hydrogen) atoms. The largest absolute Gasteiger partial charge is 0.309 e. The van der Waals surface area contributed by atoms with Crippen molar-refractivity contribution in [1.29, 1.82) is 0 Å². The average molecular weight is 380 g/mol. The third kappa shape index (κ3) is 5.08. The predicted molar refractivity (Wildman–Crippen MR) is 116 cm³/mol. The van der Waals surface area contributed by atoms with Crippen molar-refractivity contribution in [2.45, 2.75) is 17.9 Å². The molecule has 0 aliphatic carbocycles. The van der Waals surface area contributed by atoms with Crippen molar-refractivity contribution in [3.05, 3.63) is 70.1 Å². The maximum absolute atomic E-state index is 12.6. The minimum atomic E-state index is -0.0190. The van der Waals surface area contributed by atoms with Crippen molar-refractivity contribution in [1.82, 2.24) is 14.7 Å². The van der Waals surface area contributed by atoms with E-state index < -0.39 is 0 Å².